The largest absolute Gasteiger partial charge is 0.399 e. The van der Waals surface area contributed by atoms with E-state index in [9.17, 15) is 9.18 Å². The van der Waals surface area contributed by atoms with E-state index < -0.39 is 6.04 Å². The number of carbonyl (C=O) groups excluding carboxylic acids is 1. The molecule has 1 atom stereocenters. The summed E-state index contributed by atoms with van der Waals surface area (Å²) >= 11 is 0. The highest BCUT2D eigenvalue weighted by Gasteiger charge is 2.29. The predicted molar refractivity (Wildman–Crippen MR) is 66.8 cm³/mol. The lowest BCUT2D eigenvalue weighted by atomic mass is 9.82. The van der Waals surface area contributed by atoms with E-state index in [1.165, 1.54) is 19.1 Å². The average Bonchev–Trinajstić information content (AvgIpc) is 2.16. The zero-order chi connectivity index (χ0) is 13.2. The maximum atomic E-state index is 13.8. The van der Waals surface area contributed by atoms with Crippen LogP contribution >= 0.6 is 0 Å². The van der Waals surface area contributed by atoms with E-state index >= 15 is 0 Å². The first-order chi connectivity index (χ1) is 7.71. The van der Waals surface area contributed by atoms with Gasteiger partial charge >= 0.3 is 0 Å². The highest BCUT2D eigenvalue weighted by Crippen LogP contribution is 2.34. The number of hydrogen-bond donors (Lipinski definition) is 2. The molecule has 0 aliphatic heterocycles. The number of hydrogen-bond acceptors (Lipinski definition) is 2. The maximum absolute atomic E-state index is 13.8. The smallest absolute Gasteiger partial charge is 0.217 e. The minimum atomic E-state index is -0.400. The van der Waals surface area contributed by atoms with Crippen molar-refractivity contribution in [2.45, 2.75) is 33.7 Å². The van der Waals surface area contributed by atoms with Gasteiger partial charge in [-0.3, -0.25) is 4.79 Å². The van der Waals surface area contributed by atoms with Gasteiger partial charge in [-0.25, -0.2) is 4.39 Å². The van der Waals surface area contributed by atoms with Gasteiger partial charge < -0.3 is 11.1 Å². The Balaban J connectivity index is 3.21. The molecule has 1 aromatic rings. The fourth-order valence-corrected chi connectivity index (χ4v) is 1.75. The van der Waals surface area contributed by atoms with Crippen molar-refractivity contribution in [2.24, 2.45) is 5.41 Å². The van der Waals surface area contributed by atoms with Crippen LogP contribution in [0.15, 0.2) is 18.2 Å². The van der Waals surface area contributed by atoms with Gasteiger partial charge in [0.05, 0.1) is 6.04 Å². The van der Waals surface area contributed by atoms with Gasteiger partial charge in [0.15, 0.2) is 0 Å². The molecule has 17 heavy (non-hydrogen) atoms. The number of anilines is 1. The Morgan fingerprint density at radius 3 is 2.47 bits per heavy atom. The minimum Gasteiger partial charge on any atom is -0.399 e. The van der Waals surface area contributed by atoms with E-state index in [-0.39, 0.29) is 17.1 Å². The van der Waals surface area contributed by atoms with Gasteiger partial charge in [0.25, 0.3) is 0 Å². The third-order valence-electron chi connectivity index (χ3n) is 2.54. The second-order valence-electron chi connectivity index (χ2n) is 5.28. The number of benzene rings is 1. The summed E-state index contributed by atoms with van der Waals surface area (Å²) in [5.74, 6) is -0.542. The number of carbonyl (C=O) groups is 1. The topological polar surface area (TPSA) is 55.1 Å². The van der Waals surface area contributed by atoms with Crippen LogP contribution in [0.25, 0.3) is 0 Å². The van der Waals surface area contributed by atoms with Gasteiger partial charge in [-0.1, -0.05) is 20.8 Å². The molecule has 0 fully saturated rings. The van der Waals surface area contributed by atoms with E-state index in [4.69, 9.17) is 5.73 Å². The molecular formula is C13H19FN2O. The number of nitrogen functional groups attached to an aromatic ring is 1. The molecule has 3 N–H and O–H groups in total. The molecule has 0 heterocycles. The molecular weight excluding hydrogens is 219 g/mol. The van der Waals surface area contributed by atoms with E-state index in [1.54, 1.807) is 6.07 Å². The molecule has 94 valence electrons. The number of amides is 1. The Labute approximate surface area is 101 Å². The van der Waals surface area contributed by atoms with Crippen molar-refractivity contribution < 1.29 is 9.18 Å². The molecule has 3 nitrogen and oxygen atoms in total. The van der Waals surface area contributed by atoms with E-state index in [2.05, 4.69) is 5.32 Å². The van der Waals surface area contributed by atoms with Crippen molar-refractivity contribution in [1.29, 1.82) is 0 Å². The fourth-order valence-electron chi connectivity index (χ4n) is 1.75. The summed E-state index contributed by atoms with van der Waals surface area (Å²) in [4.78, 5) is 11.2. The molecule has 0 bridgehead atoms. The van der Waals surface area contributed by atoms with Gasteiger partial charge in [0.1, 0.15) is 5.82 Å². The molecule has 4 heteroatoms. The van der Waals surface area contributed by atoms with Crippen molar-refractivity contribution in [3.63, 3.8) is 0 Å². The van der Waals surface area contributed by atoms with Crippen LogP contribution in [0, 0.1) is 11.2 Å². The van der Waals surface area contributed by atoms with Crippen LogP contribution in [0.4, 0.5) is 10.1 Å². The van der Waals surface area contributed by atoms with Gasteiger partial charge in [0, 0.05) is 18.2 Å². The summed E-state index contributed by atoms with van der Waals surface area (Å²) in [5, 5.41) is 2.77. The number of rotatable bonds is 2. The predicted octanol–water partition coefficient (Wildman–Crippen LogP) is 2.63. The molecule has 0 aliphatic rings. The second-order valence-corrected chi connectivity index (χ2v) is 5.28. The van der Waals surface area contributed by atoms with Gasteiger partial charge in [-0.2, -0.15) is 0 Å². The van der Waals surface area contributed by atoms with Crippen molar-refractivity contribution in [3.8, 4) is 0 Å². The lowest BCUT2D eigenvalue weighted by Gasteiger charge is -2.32. The first kappa shape index (κ1) is 13.5. The van der Waals surface area contributed by atoms with Gasteiger partial charge in [-0.15, -0.1) is 0 Å². The Morgan fingerprint density at radius 1 is 1.41 bits per heavy atom. The van der Waals surface area contributed by atoms with E-state index in [0.29, 0.717) is 11.3 Å². The van der Waals surface area contributed by atoms with Crippen LogP contribution in [-0.4, -0.2) is 5.91 Å². The zero-order valence-corrected chi connectivity index (χ0v) is 10.7. The Bertz CT molecular complexity index is 424. The van der Waals surface area contributed by atoms with Crippen LogP contribution in [-0.2, 0) is 4.79 Å². The molecule has 0 radical (unpaired) electrons. The minimum absolute atomic E-state index is 0.188. The average molecular weight is 238 g/mol. The summed E-state index contributed by atoms with van der Waals surface area (Å²) in [5.41, 5.74) is 6.28. The molecule has 1 amide bonds. The van der Waals surface area contributed by atoms with Crippen molar-refractivity contribution in [3.05, 3.63) is 29.6 Å². The monoisotopic (exact) mass is 238 g/mol. The third-order valence-corrected chi connectivity index (χ3v) is 2.54. The fraction of sp³-hybridized carbons (Fsp3) is 0.462. The summed E-state index contributed by atoms with van der Waals surface area (Å²) in [6, 6.07) is 4.00. The highest BCUT2D eigenvalue weighted by molar-refractivity contribution is 5.73. The molecule has 0 saturated heterocycles. The van der Waals surface area contributed by atoms with Gasteiger partial charge in [-0.05, 0) is 23.6 Å². The van der Waals surface area contributed by atoms with E-state index in [0.717, 1.165) is 0 Å². The molecule has 1 unspecified atom stereocenters. The Morgan fingerprint density at radius 2 is 2.00 bits per heavy atom. The first-order valence-electron chi connectivity index (χ1n) is 5.54. The molecule has 1 rings (SSSR count). The van der Waals surface area contributed by atoms with Crippen LogP contribution in [0.1, 0.15) is 39.3 Å². The van der Waals surface area contributed by atoms with Crippen molar-refractivity contribution >= 4 is 11.6 Å². The molecule has 0 aliphatic carbocycles. The molecule has 0 spiro atoms. The summed E-state index contributed by atoms with van der Waals surface area (Å²) < 4.78 is 13.8. The van der Waals surface area contributed by atoms with Crippen LogP contribution in [0.3, 0.4) is 0 Å². The Hall–Kier alpha value is -1.58. The maximum Gasteiger partial charge on any atom is 0.217 e. The standard InChI is InChI=1S/C13H19FN2O/c1-8(17)16-12(13(2,3)4)10-7-9(15)5-6-11(10)14/h5-7,12H,15H2,1-4H3,(H,16,17). The summed E-state index contributed by atoms with van der Waals surface area (Å²) in [6.45, 7) is 7.24. The highest BCUT2D eigenvalue weighted by atomic mass is 19.1. The van der Waals surface area contributed by atoms with Crippen LogP contribution in [0.5, 0.6) is 0 Å². The Kier molecular flexibility index (Phi) is 3.76. The SMILES string of the molecule is CC(=O)NC(c1cc(N)ccc1F)C(C)(C)C. The molecule has 0 aromatic heterocycles. The van der Waals surface area contributed by atoms with Crippen molar-refractivity contribution in [2.75, 3.05) is 5.73 Å². The summed E-state index contributed by atoms with van der Waals surface area (Å²) in [7, 11) is 0. The number of halogens is 1. The normalized spacial score (nSPS) is 13.2. The molecule has 0 saturated carbocycles. The first-order valence-corrected chi connectivity index (χ1v) is 5.54. The lowest BCUT2D eigenvalue weighted by Crippen LogP contribution is -2.35. The summed E-state index contributed by atoms with van der Waals surface area (Å²) in [6.07, 6.45) is 0. The zero-order valence-electron chi connectivity index (χ0n) is 10.7. The van der Waals surface area contributed by atoms with Gasteiger partial charge in [0.2, 0.25) is 5.91 Å². The van der Waals surface area contributed by atoms with E-state index in [1.807, 2.05) is 20.8 Å². The number of nitrogens with two attached hydrogens (primary N) is 1. The van der Waals surface area contributed by atoms with Crippen LogP contribution < -0.4 is 11.1 Å². The lowest BCUT2D eigenvalue weighted by molar-refractivity contribution is -0.120. The second kappa shape index (κ2) is 4.73. The number of nitrogens with one attached hydrogen (secondary N) is 1. The third kappa shape index (κ3) is 3.44. The quantitative estimate of drug-likeness (QED) is 0.778. The van der Waals surface area contributed by atoms with Crippen molar-refractivity contribution in [1.82, 2.24) is 5.32 Å². The van der Waals surface area contributed by atoms with Crippen LogP contribution in [0.2, 0.25) is 0 Å². The molecule has 1 aromatic carbocycles.